The van der Waals surface area contributed by atoms with Crippen LogP contribution in [0, 0.1) is 0 Å². The quantitative estimate of drug-likeness (QED) is 0.186. The van der Waals surface area contributed by atoms with Crippen molar-refractivity contribution in [2.24, 2.45) is 0 Å². The summed E-state index contributed by atoms with van der Waals surface area (Å²) in [6.45, 7) is 0. The van der Waals surface area contributed by atoms with Gasteiger partial charge in [-0.1, -0.05) is 121 Å². The van der Waals surface area contributed by atoms with Crippen molar-refractivity contribution in [2.45, 2.75) is 0 Å². The maximum atomic E-state index is 6.55. The summed E-state index contributed by atoms with van der Waals surface area (Å²) in [4.78, 5) is 20.2. The van der Waals surface area contributed by atoms with Crippen molar-refractivity contribution in [3.63, 3.8) is 0 Å². The van der Waals surface area contributed by atoms with Crippen LogP contribution in [-0.4, -0.2) is 19.9 Å². The Balaban J connectivity index is 1.16. The van der Waals surface area contributed by atoms with E-state index in [2.05, 4.69) is 36.4 Å². The highest BCUT2D eigenvalue weighted by Gasteiger charge is 2.20. The average Bonchev–Trinajstić information content (AvgIpc) is 3.76. The van der Waals surface area contributed by atoms with Crippen LogP contribution in [0.5, 0.6) is 0 Å². The molecule has 4 heterocycles. The number of benzene rings is 6. The van der Waals surface area contributed by atoms with Crippen LogP contribution in [0.25, 0.3) is 101 Å². The second-order valence-electron chi connectivity index (χ2n) is 12.2. The van der Waals surface area contributed by atoms with E-state index in [-0.39, 0.29) is 0 Å². The van der Waals surface area contributed by atoms with Crippen molar-refractivity contribution in [2.75, 3.05) is 0 Å². The Morgan fingerprint density at radius 2 is 1.04 bits per heavy atom. The van der Waals surface area contributed by atoms with Gasteiger partial charge in [-0.2, -0.15) is 0 Å². The lowest BCUT2D eigenvalue weighted by atomic mass is 10.0. The zero-order chi connectivity index (χ0) is 33.0. The molecule has 4 aromatic heterocycles. The molecule has 50 heavy (non-hydrogen) atoms. The summed E-state index contributed by atoms with van der Waals surface area (Å²) in [5, 5.41) is 2.93. The lowest BCUT2D eigenvalue weighted by molar-refractivity contribution is 0.667. The molecule has 0 radical (unpaired) electrons. The van der Waals surface area contributed by atoms with E-state index in [0.717, 1.165) is 83.3 Å². The molecule has 6 aromatic carbocycles. The number of rotatable bonds is 5. The van der Waals surface area contributed by atoms with Gasteiger partial charge in [0.2, 0.25) is 0 Å². The largest absolute Gasteiger partial charge is 0.456 e. The Kier molecular flexibility index (Phi) is 6.39. The van der Waals surface area contributed by atoms with Gasteiger partial charge >= 0.3 is 0 Å². The van der Waals surface area contributed by atoms with Crippen LogP contribution >= 0.6 is 0 Å². The summed E-state index contributed by atoms with van der Waals surface area (Å²) < 4.78 is 12.9. The fraction of sp³-hybridized carbons (Fsp3) is 0. The van der Waals surface area contributed by atoms with Gasteiger partial charge in [0.15, 0.2) is 17.2 Å². The van der Waals surface area contributed by atoms with Crippen LogP contribution in [-0.2, 0) is 0 Å². The summed E-state index contributed by atoms with van der Waals surface area (Å²) in [5.41, 5.74) is 10.9. The van der Waals surface area contributed by atoms with Crippen molar-refractivity contribution in [1.82, 2.24) is 19.9 Å². The Morgan fingerprint density at radius 3 is 1.84 bits per heavy atom. The monoisotopic (exact) mass is 642 g/mol. The molecule has 0 atom stereocenters. The first-order chi connectivity index (χ1) is 24.8. The van der Waals surface area contributed by atoms with Gasteiger partial charge in [0.1, 0.15) is 28.0 Å². The van der Waals surface area contributed by atoms with E-state index in [0.29, 0.717) is 17.2 Å². The van der Waals surface area contributed by atoms with Gasteiger partial charge in [0.05, 0.1) is 11.4 Å². The Labute approximate surface area is 286 Å². The fourth-order valence-corrected chi connectivity index (χ4v) is 6.75. The second-order valence-corrected chi connectivity index (χ2v) is 12.2. The van der Waals surface area contributed by atoms with Gasteiger partial charge < -0.3 is 8.83 Å². The molecule has 0 fully saturated rings. The highest BCUT2D eigenvalue weighted by atomic mass is 16.3. The molecule has 0 bridgehead atoms. The predicted octanol–water partition coefficient (Wildman–Crippen LogP) is 11.4. The van der Waals surface area contributed by atoms with Crippen molar-refractivity contribution >= 4 is 44.0 Å². The first-order valence-corrected chi connectivity index (χ1v) is 16.5. The summed E-state index contributed by atoms with van der Waals surface area (Å²) in [6.07, 6.45) is 0. The molecule has 0 amide bonds. The second kappa shape index (κ2) is 11.4. The minimum absolute atomic E-state index is 0.598. The zero-order valence-electron chi connectivity index (χ0n) is 26.6. The van der Waals surface area contributed by atoms with Gasteiger partial charge in [0, 0.05) is 44.0 Å². The zero-order valence-corrected chi connectivity index (χ0v) is 26.6. The number of fused-ring (bicyclic) bond motifs is 6. The predicted molar refractivity (Wildman–Crippen MR) is 199 cm³/mol. The molecule has 10 rings (SSSR count). The summed E-state index contributed by atoms with van der Waals surface area (Å²) >= 11 is 0. The Bertz CT molecular complexity index is 2800. The first-order valence-electron chi connectivity index (χ1n) is 16.5. The normalized spacial score (nSPS) is 11.6. The third-order valence-electron chi connectivity index (χ3n) is 9.13. The molecule has 6 heteroatoms. The van der Waals surface area contributed by atoms with Crippen LogP contribution in [0.1, 0.15) is 0 Å². The topological polar surface area (TPSA) is 77.8 Å². The average molecular weight is 643 g/mol. The van der Waals surface area contributed by atoms with Crippen LogP contribution in [0.2, 0.25) is 0 Å². The number of para-hydroxylation sites is 1. The van der Waals surface area contributed by atoms with E-state index in [1.807, 2.05) is 121 Å². The molecule has 234 valence electrons. The fourth-order valence-electron chi connectivity index (χ4n) is 6.75. The Hall–Kier alpha value is -6.92. The third kappa shape index (κ3) is 4.65. The van der Waals surface area contributed by atoms with Gasteiger partial charge in [-0.05, 0) is 36.4 Å². The number of nitrogens with zero attached hydrogens (tertiary/aromatic N) is 4. The minimum atomic E-state index is 0.598. The molecule has 0 N–H and O–H groups in total. The summed E-state index contributed by atoms with van der Waals surface area (Å²) in [7, 11) is 0. The van der Waals surface area contributed by atoms with E-state index in [9.17, 15) is 0 Å². The smallest absolute Gasteiger partial charge is 0.180 e. The molecule has 0 aliphatic carbocycles. The minimum Gasteiger partial charge on any atom is -0.456 e. The van der Waals surface area contributed by atoms with Gasteiger partial charge in [-0.15, -0.1) is 0 Å². The van der Waals surface area contributed by atoms with Crippen molar-refractivity contribution in [3.05, 3.63) is 158 Å². The van der Waals surface area contributed by atoms with Crippen LogP contribution < -0.4 is 0 Å². The highest BCUT2D eigenvalue weighted by Crippen LogP contribution is 2.40. The van der Waals surface area contributed by atoms with Gasteiger partial charge in [0.25, 0.3) is 0 Å². The molecule has 0 aliphatic rings. The summed E-state index contributed by atoms with van der Waals surface area (Å²) in [5.74, 6) is 1.27. The van der Waals surface area contributed by atoms with Crippen LogP contribution in [0.4, 0.5) is 0 Å². The van der Waals surface area contributed by atoms with E-state index in [4.69, 9.17) is 28.8 Å². The standard InChI is InChI=1S/C44H26N4O2/c1-4-13-27(14-5-1)34-26-35(46-43(45-34)29-17-8-3-9-18-29)31-20-12-22-37-39(31)32-24-23-30(25-38(32)49-37)44-47-40(28-15-6-2-7-16-28)42-41(48-44)33-19-10-11-21-36(33)50-42/h1-26H. The van der Waals surface area contributed by atoms with E-state index in [1.165, 1.54) is 0 Å². The molecule has 0 saturated carbocycles. The van der Waals surface area contributed by atoms with Gasteiger partial charge in [-0.3, -0.25) is 0 Å². The summed E-state index contributed by atoms with van der Waals surface area (Å²) in [6, 6.07) is 52.8. The SMILES string of the molecule is c1ccc(-c2cc(-c3cccc4oc5cc(-c6nc(-c7ccccc7)c7oc8ccccc8c7n6)ccc5c34)nc(-c3ccccc3)n2)cc1. The number of hydrogen-bond donors (Lipinski definition) is 0. The molecule has 0 unspecified atom stereocenters. The van der Waals surface area contributed by atoms with Crippen molar-refractivity contribution in [3.8, 4) is 56.5 Å². The lowest BCUT2D eigenvalue weighted by Crippen LogP contribution is -1.96. The van der Waals surface area contributed by atoms with E-state index >= 15 is 0 Å². The lowest BCUT2D eigenvalue weighted by Gasteiger charge is -2.10. The van der Waals surface area contributed by atoms with Crippen molar-refractivity contribution in [1.29, 1.82) is 0 Å². The molecule has 10 aromatic rings. The third-order valence-corrected chi connectivity index (χ3v) is 9.13. The maximum Gasteiger partial charge on any atom is 0.180 e. The maximum absolute atomic E-state index is 6.55. The Morgan fingerprint density at radius 1 is 0.380 bits per heavy atom. The van der Waals surface area contributed by atoms with E-state index in [1.54, 1.807) is 0 Å². The molecule has 0 saturated heterocycles. The van der Waals surface area contributed by atoms with Crippen molar-refractivity contribution < 1.29 is 8.83 Å². The number of furan rings is 2. The molecular weight excluding hydrogens is 617 g/mol. The molecule has 0 spiro atoms. The highest BCUT2D eigenvalue weighted by molar-refractivity contribution is 6.13. The molecular formula is C44H26N4O2. The number of aromatic nitrogens is 4. The number of hydrogen-bond acceptors (Lipinski definition) is 6. The molecule has 0 aliphatic heterocycles. The van der Waals surface area contributed by atoms with Crippen LogP contribution in [0.15, 0.2) is 167 Å². The van der Waals surface area contributed by atoms with Crippen LogP contribution in [0.3, 0.4) is 0 Å². The first kappa shape index (κ1) is 28.1. The van der Waals surface area contributed by atoms with E-state index < -0.39 is 0 Å². The molecule has 6 nitrogen and oxygen atoms in total. The van der Waals surface area contributed by atoms with Gasteiger partial charge in [-0.25, -0.2) is 19.9 Å².